The van der Waals surface area contributed by atoms with E-state index in [0.717, 1.165) is 37.1 Å². The molecule has 1 heterocycles. The van der Waals surface area contributed by atoms with Gasteiger partial charge >= 0.3 is 0 Å². The predicted octanol–water partition coefficient (Wildman–Crippen LogP) is 1.66. The molecule has 1 saturated carbocycles. The molecule has 1 unspecified atom stereocenters. The van der Waals surface area contributed by atoms with E-state index in [1.807, 2.05) is 24.3 Å². The Bertz CT molecular complexity index is 452. The van der Waals surface area contributed by atoms with E-state index in [2.05, 4.69) is 5.32 Å². The van der Waals surface area contributed by atoms with Crippen molar-refractivity contribution in [1.82, 2.24) is 0 Å². The summed E-state index contributed by atoms with van der Waals surface area (Å²) in [6.07, 6.45) is 3.86. The number of amides is 1. The maximum atomic E-state index is 12.0. The summed E-state index contributed by atoms with van der Waals surface area (Å²) in [5, 5.41) is 2.83. The van der Waals surface area contributed by atoms with Crippen molar-refractivity contribution in [3.05, 3.63) is 24.3 Å². The maximum absolute atomic E-state index is 12.0. The van der Waals surface area contributed by atoms with Gasteiger partial charge in [0.2, 0.25) is 5.91 Å². The molecule has 1 aliphatic carbocycles. The summed E-state index contributed by atoms with van der Waals surface area (Å²) in [7, 11) is 0. The van der Waals surface area contributed by atoms with Crippen molar-refractivity contribution in [3.8, 4) is 5.75 Å². The molecule has 1 aliphatic heterocycles. The molecule has 1 aromatic carbocycles. The summed E-state index contributed by atoms with van der Waals surface area (Å²) in [6, 6.07) is 6.92. The number of ether oxygens (including phenoxy) is 1. The number of nitrogens with one attached hydrogen (secondary N) is 1. The van der Waals surface area contributed by atoms with Crippen LogP contribution in [0.3, 0.4) is 0 Å². The first kappa shape index (κ1) is 10.6. The van der Waals surface area contributed by atoms with Gasteiger partial charge in [-0.15, -0.1) is 0 Å². The van der Waals surface area contributed by atoms with Crippen LogP contribution >= 0.6 is 0 Å². The predicted molar refractivity (Wildman–Crippen MR) is 64.9 cm³/mol. The second-order valence-corrected chi connectivity index (χ2v) is 4.84. The van der Waals surface area contributed by atoms with Gasteiger partial charge < -0.3 is 15.8 Å². The summed E-state index contributed by atoms with van der Waals surface area (Å²) in [5.41, 5.74) is 6.28. The Morgan fingerprint density at radius 3 is 2.76 bits per heavy atom. The standard InChI is InChI=1S/C13H16N2O2/c14-11-12(16)15-9-5-1-2-6-10(9)17-13(11)7-3-4-8-13/h1-2,5-6,11H,3-4,7-8,14H2,(H,15,16). The van der Waals surface area contributed by atoms with Gasteiger partial charge in [0.05, 0.1) is 5.69 Å². The van der Waals surface area contributed by atoms with Gasteiger partial charge in [-0.1, -0.05) is 12.1 Å². The third-order valence-electron chi connectivity index (χ3n) is 3.76. The van der Waals surface area contributed by atoms with Crippen molar-refractivity contribution in [2.75, 3.05) is 5.32 Å². The SMILES string of the molecule is NC1C(=O)Nc2ccccc2OC12CCCC2. The van der Waals surface area contributed by atoms with Gasteiger partial charge in [0.15, 0.2) is 0 Å². The summed E-state index contributed by atoms with van der Waals surface area (Å²) in [5.74, 6) is 0.590. The highest BCUT2D eigenvalue weighted by molar-refractivity contribution is 5.97. The van der Waals surface area contributed by atoms with Gasteiger partial charge in [0.25, 0.3) is 0 Å². The Labute approximate surface area is 100 Å². The number of rotatable bonds is 0. The van der Waals surface area contributed by atoms with Crippen LogP contribution < -0.4 is 15.8 Å². The number of carbonyl (C=O) groups excluding carboxylic acids is 1. The minimum absolute atomic E-state index is 0.142. The molecule has 0 radical (unpaired) electrons. The number of nitrogens with two attached hydrogens (primary N) is 1. The number of anilines is 1. The molecule has 4 heteroatoms. The fraction of sp³-hybridized carbons (Fsp3) is 0.462. The minimum atomic E-state index is -0.586. The second-order valence-electron chi connectivity index (χ2n) is 4.84. The van der Waals surface area contributed by atoms with E-state index < -0.39 is 11.6 Å². The molecule has 0 saturated heterocycles. The van der Waals surface area contributed by atoms with Crippen LogP contribution in [0.1, 0.15) is 25.7 Å². The van der Waals surface area contributed by atoms with Crippen LogP contribution in [0.15, 0.2) is 24.3 Å². The monoisotopic (exact) mass is 232 g/mol. The third kappa shape index (κ3) is 1.60. The maximum Gasteiger partial charge on any atom is 0.245 e. The molecule has 0 bridgehead atoms. The van der Waals surface area contributed by atoms with E-state index >= 15 is 0 Å². The molecule has 90 valence electrons. The lowest BCUT2D eigenvalue weighted by Gasteiger charge is -2.32. The van der Waals surface area contributed by atoms with Crippen LogP contribution in [0.25, 0.3) is 0 Å². The molecule has 1 aromatic rings. The van der Waals surface area contributed by atoms with E-state index in [4.69, 9.17) is 10.5 Å². The highest BCUT2D eigenvalue weighted by atomic mass is 16.5. The summed E-state index contributed by atoms with van der Waals surface area (Å²) < 4.78 is 6.08. The molecule has 1 atom stereocenters. The molecule has 2 aliphatic rings. The number of hydrogen-bond donors (Lipinski definition) is 2. The van der Waals surface area contributed by atoms with Crippen molar-refractivity contribution >= 4 is 11.6 Å². The molecule has 0 aromatic heterocycles. The Morgan fingerprint density at radius 1 is 1.29 bits per heavy atom. The highest BCUT2D eigenvalue weighted by Crippen LogP contribution is 2.41. The van der Waals surface area contributed by atoms with Crippen molar-refractivity contribution in [3.63, 3.8) is 0 Å². The summed E-state index contributed by atoms with van der Waals surface area (Å²) in [6.45, 7) is 0. The molecule has 4 nitrogen and oxygen atoms in total. The quantitative estimate of drug-likeness (QED) is 0.715. The van der Waals surface area contributed by atoms with Crippen LogP contribution in [-0.2, 0) is 4.79 Å². The lowest BCUT2D eigenvalue weighted by atomic mass is 9.92. The Morgan fingerprint density at radius 2 is 2.00 bits per heavy atom. The molecule has 17 heavy (non-hydrogen) atoms. The van der Waals surface area contributed by atoms with E-state index in [-0.39, 0.29) is 5.91 Å². The second kappa shape index (κ2) is 3.74. The van der Waals surface area contributed by atoms with Gasteiger partial charge in [-0.3, -0.25) is 4.79 Å². The zero-order valence-electron chi connectivity index (χ0n) is 9.61. The fourth-order valence-electron chi connectivity index (χ4n) is 2.78. The first-order chi connectivity index (χ1) is 8.21. The zero-order valence-corrected chi connectivity index (χ0v) is 9.61. The van der Waals surface area contributed by atoms with Crippen LogP contribution in [0.4, 0.5) is 5.69 Å². The van der Waals surface area contributed by atoms with Crippen LogP contribution in [0, 0.1) is 0 Å². The fourth-order valence-corrected chi connectivity index (χ4v) is 2.78. The first-order valence-electron chi connectivity index (χ1n) is 6.06. The Kier molecular flexibility index (Phi) is 2.33. The highest BCUT2D eigenvalue weighted by Gasteiger charge is 2.47. The van der Waals surface area contributed by atoms with Gasteiger partial charge in [0, 0.05) is 0 Å². The normalized spacial score (nSPS) is 25.9. The average Bonchev–Trinajstić information content (AvgIpc) is 2.76. The van der Waals surface area contributed by atoms with E-state index in [0.29, 0.717) is 0 Å². The number of hydrogen-bond acceptors (Lipinski definition) is 3. The van der Waals surface area contributed by atoms with Gasteiger partial charge in [0.1, 0.15) is 17.4 Å². The van der Waals surface area contributed by atoms with Crippen LogP contribution in [0.5, 0.6) is 5.75 Å². The van der Waals surface area contributed by atoms with Crippen LogP contribution in [-0.4, -0.2) is 17.6 Å². The first-order valence-corrected chi connectivity index (χ1v) is 6.06. The van der Waals surface area contributed by atoms with Crippen LogP contribution in [0.2, 0.25) is 0 Å². The lowest BCUT2D eigenvalue weighted by Crippen LogP contribution is -2.55. The van der Waals surface area contributed by atoms with Crippen molar-refractivity contribution in [2.45, 2.75) is 37.3 Å². The van der Waals surface area contributed by atoms with Gasteiger partial charge in [-0.25, -0.2) is 0 Å². The number of para-hydroxylation sites is 2. The summed E-state index contributed by atoms with van der Waals surface area (Å²) >= 11 is 0. The summed E-state index contributed by atoms with van der Waals surface area (Å²) in [4.78, 5) is 12.0. The molecular formula is C13H16N2O2. The van der Waals surface area contributed by atoms with E-state index in [1.165, 1.54) is 0 Å². The Balaban J connectivity index is 2.05. The molecule has 1 fully saturated rings. The van der Waals surface area contributed by atoms with Gasteiger partial charge in [-0.05, 0) is 37.8 Å². The van der Waals surface area contributed by atoms with Crippen molar-refractivity contribution in [1.29, 1.82) is 0 Å². The molecule has 1 amide bonds. The number of carbonyl (C=O) groups is 1. The molecule has 1 spiro atoms. The minimum Gasteiger partial charge on any atom is -0.483 e. The lowest BCUT2D eigenvalue weighted by molar-refractivity contribution is -0.121. The Hall–Kier alpha value is -1.55. The molecule has 3 rings (SSSR count). The number of benzene rings is 1. The third-order valence-corrected chi connectivity index (χ3v) is 3.76. The van der Waals surface area contributed by atoms with Crippen molar-refractivity contribution in [2.24, 2.45) is 5.73 Å². The topological polar surface area (TPSA) is 64.4 Å². The molecule has 3 N–H and O–H groups in total. The average molecular weight is 232 g/mol. The van der Waals surface area contributed by atoms with E-state index in [1.54, 1.807) is 0 Å². The van der Waals surface area contributed by atoms with E-state index in [9.17, 15) is 4.79 Å². The number of fused-ring (bicyclic) bond motifs is 1. The zero-order chi connectivity index (χ0) is 11.9. The van der Waals surface area contributed by atoms with Crippen molar-refractivity contribution < 1.29 is 9.53 Å². The van der Waals surface area contributed by atoms with Gasteiger partial charge in [-0.2, -0.15) is 0 Å². The smallest absolute Gasteiger partial charge is 0.245 e. The largest absolute Gasteiger partial charge is 0.483 e. The molecular weight excluding hydrogens is 216 g/mol.